The highest BCUT2D eigenvalue weighted by Gasteiger charge is 2.40. The Balaban J connectivity index is 1.44. The van der Waals surface area contributed by atoms with Gasteiger partial charge in [0.15, 0.2) is 5.65 Å². The van der Waals surface area contributed by atoms with Gasteiger partial charge >= 0.3 is 0 Å². The number of imidazole rings is 2. The van der Waals surface area contributed by atoms with E-state index in [0.29, 0.717) is 53.6 Å². The van der Waals surface area contributed by atoms with Gasteiger partial charge in [-0.3, -0.25) is 9.59 Å². The van der Waals surface area contributed by atoms with E-state index in [2.05, 4.69) is 20.1 Å². The maximum Gasteiger partial charge on any atom is 0.274 e. The van der Waals surface area contributed by atoms with Crippen LogP contribution in [0.4, 0.5) is 4.39 Å². The van der Waals surface area contributed by atoms with E-state index < -0.39 is 5.54 Å². The number of H-pyrrole nitrogens is 1. The Bertz CT molecular complexity index is 1550. The number of aromatic nitrogens is 5. The standard InChI is InChI=1S/C28H32FN7O2/c1-16(2)20-12-22(19-8-7-17(3)21(29)11-19)33-36-14-24(32-25(20)36)27(38)35-10-9-34(15-28(35,5)6)26(37)23-13-30-18(4)31-23/h7-8,11-14,16H,9-10,15H2,1-6H3,(H,30,31). The number of aromatic amines is 1. The third-order valence-electron chi connectivity index (χ3n) is 7.12. The van der Waals surface area contributed by atoms with Gasteiger partial charge in [0.25, 0.3) is 11.8 Å². The van der Waals surface area contributed by atoms with Crippen LogP contribution < -0.4 is 0 Å². The van der Waals surface area contributed by atoms with Gasteiger partial charge in [0, 0.05) is 37.0 Å². The number of carbonyl (C=O) groups excluding carboxylic acids is 2. The lowest BCUT2D eigenvalue weighted by Crippen LogP contribution is -2.62. The van der Waals surface area contributed by atoms with Crippen LogP contribution in [0.3, 0.4) is 0 Å². The highest BCUT2D eigenvalue weighted by Crippen LogP contribution is 2.29. The predicted molar refractivity (Wildman–Crippen MR) is 142 cm³/mol. The summed E-state index contributed by atoms with van der Waals surface area (Å²) in [6.07, 6.45) is 3.25. The second kappa shape index (κ2) is 9.34. The maximum atomic E-state index is 14.3. The second-order valence-corrected chi connectivity index (χ2v) is 10.9. The number of benzene rings is 1. The van der Waals surface area contributed by atoms with Gasteiger partial charge in [0.2, 0.25) is 0 Å². The summed E-state index contributed by atoms with van der Waals surface area (Å²) in [6.45, 7) is 12.6. The number of aryl methyl sites for hydroxylation is 2. The van der Waals surface area contributed by atoms with E-state index in [1.54, 1.807) is 46.6 Å². The zero-order valence-corrected chi connectivity index (χ0v) is 22.5. The number of nitrogens with one attached hydrogen (secondary N) is 1. The summed E-state index contributed by atoms with van der Waals surface area (Å²) < 4.78 is 15.9. The molecule has 10 heteroatoms. The fourth-order valence-electron chi connectivity index (χ4n) is 4.95. The minimum absolute atomic E-state index is 0.108. The molecule has 5 rings (SSSR count). The van der Waals surface area contributed by atoms with Gasteiger partial charge in [-0.15, -0.1) is 0 Å². The Morgan fingerprint density at radius 1 is 1.05 bits per heavy atom. The molecule has 0 aliphatic carbocycles. The highest BCUT2D eigenvalue weighted by atomic mass is 19.1. The lowest BCUT2D eigenvalue weighted by Gasteiger charge is -2.46. The van der Waals surface area contributed by atoms with Crippen molar-refractivity contribution in [3.63, 3.8) is 0 Å². The van der Waals surface area contributed by atoms with Gasteiger partial charge in [0.05, 0.1) is 17.4 Å². The number of rotatable bonds is 4. The van der Waals surface area contributed by atoms with Gasteiger partial charge in [0.1, 0.15) is 23.0 Å². The summed E-state index contributed by atoms with van der Waals surface area (Å²) in [4.78, 5) is 42.0. The summed E-state index contributed by atoms with van der Waals surface area (Å²) in [5.41, 5.74) is 3.38. The molecule has 0 spiro atoms. The topological polar surface area (TPSA) is 99.5 Å². The first-order chi connectivity index (χ1) is 17.9. The van der Waals surface area contributed by atoms with E-state index in [1.807, 2.05) is 39.8 Å². The number of nitrogens with zero attached hydrogens (tertiary/aromatic N) is 6. The zero-order chi connectivity index (χ0) is 27.4. The molecule has 0 bridgehead atoms. The van der Waals surface area contributed by atoms with E-state index in [-0.39, 0.29) is 29.2 Å². The third-order valence-corrected chi connectivity index (χ3v) is 7.12. The SMILES string of the molecule is Cc1nc(C(=O)N2CCN(C(=O)c3cn4nc(-c5ccc(C)c(F)c5)cc(C(C)C)c4n3)C(C)(C)C2)c[nH]1. The Labute approximate surface area is 220 Å². The van der Waals surface area contributed by atoms with Crippen LogP contribution in [0.2, 0.25) is 0 Å². The number of hydrogen-bond donors (Lipinski definition) is 1. The molecule has 0 radical (unpaired) electrons. The number of fused-ring (bicyclic) bond motifs is 1. The molecule has 1 fully saturated rings. The molecule has 38 heavy (non-hydrogen) atoms. The molecule has 0 unspecified atom stereocenters. The van der Waals surface area contributed by atoms with Crippen molar-refractivity contribution >= 4 is 17.5 Å². The van der Waals surface area contributed by atoms with Crippen molar-refractivity contribution in [2.45, 2.75) is 53.0 Å². The van der Waals surface area contributed by atoms with Crippen molar-refractivity contribution in [1.82, 2.24) is 34.4 Å². The van der Waals surface area contributed by atoms with Gasteiger partial charge in [-0.05, 0) is 51.3 Å². The molecule has 1 aromatic carbocycles. The second-order valence-electron chi connectivity index (χ2n) is 10.9. The van der Waals surface area contributed by atoms with E-state index in [0.717, 1.165) is 5.56 Å². The Kier molecular flexibility index (Phi) is 6.28. The maximum absolute atomic E-state index is 14.3. The fraction of sp³-hybridized carbons (Fsp3) is 0.393. The summed E-state index contributed by atoms with van der Waals surface area (Å²) in [6, 6.07) is 6.96. The number of piperazine rings is 1. The smallest absolute Gasteiger partial charge is 0.274 e. The fourth-order valence-corrected chi connectivity index (χ4v) is 4.95. The molecule has 2 amide bonds. The lowest BCUT2D eigenvalue weighted by molar-refractivity contribution is 0.0163. The van der Waals surface area contributed by atoms with E-state index in [4.69, 9.17) is 0 Å². The molecular weight excluding hydrogens is 485 g/mol. The van der Waals surface area contributed by atoms with Crippen molar-refractivity contribution in [3.8, 4) is 11.3 Å². The highest BCUT2D eigenvalue weighted by molar-refractivity contribution is 5.95. The average molecular weight is 518 g/mol. The molecule has 4 aromatic rings. The number of hydrogen-bond acceptors (Lipinski definition) is 5. The van der Waals surface area contributed by atoms with E-state index in [9.17, 15) is 14.0 Å². The van der Waals surface area contributed by atoms with Crippen molar-refractivity contribution in [3.05, 3.63) is 70.8 Å². The van der Waals surface area contributed by atoms with Crippen LogP contribution in [-0.2, 0) is 0 Å². The quantitative estimate of drug-likeness (QED) is 0.433. The largest absolute Gasteiger partial charge is 0.348 e. The van der Waals surface area contributed by atoms with Crippen LogP contribution in [0.15, 0.2) is 36.7 Å². The van der Waals surface area contributed by atoms with E-state index >= 15 is 0 Å². The molecule has 4 heterocycles. The summed E-state index contributed by atoms with van der Waals surface area (Å²) >= 11 is 0. The van der Waals surface area contributed by atoms with Crippen LogP contribution in [0.25, 0.3) is 16.9 Å². The van der Waals surface area contributed by atoms with Crippen LogP contribution in [0.5, 0.6) is 0 Å². The van der Waals surface area contributed by atoms with Crippen LogP contribution in [0.1, 0.15) is 71.5 Å². The van der Waals surface area contributed by atoms with Crippen molar-refractivity contribution in [2.24, 2.45) is 0 Å². The number of amides is 2. The van der Waals surface area contributed by atoms with Gasteiger partial charge in [-0.25, -0.2) is 18.9 Å². The van der Waals surface area contributed by atoms with Crippen molar-refractivity contribution in [2.75, 3.05) is 19.6 Å². The molecule has 0 saturated carbocycles. The molecule has 1 aliphatic heterocycles. The summed E-state index contributed by atoms with van der Waals surface area (Å²) in [5, 5.41) is 4.67. The predicted octanol–water partition coefficient (Wildman–Crippen LogP) is 4.38. The molecule has 1 N–H and O–H groups in total. The molecule has 3 aromatic heterocycles. The molecule has 9 nitrogen and oxygen atoms in total. The lowest BCUT2D eigenvalue weighted by atomic mass is 9.98. The van der Waals surface area contributed by atoms with Crippen LogP contribution in [0, 0.1) is 19.7 Å². The average Bonchev–Trinajstić information content (AvgIpc) is 3.49. The van der Waals surface area contributed by atoms with Crippen LogP contribution in [-0.4, -0.2) is 71.4 Å². The molecule has 1 aliphatic rings. The number of carbonyl (C=O) groups is 2. The van der Waals surface area contributed by atoms with Gasteiger partial charge in [-0.1, -0.05) is 26.0 Å². The molecule has 1 saturated heterocycles. The van der Waals surface area contributed by atoms with Crippen molar-refractivity contribution < 1.29 is 14.0 Å². The number of halogens is 1. The molecule has 0 atom stereocenters. The zero-order valence-electron chi connectivity index (χ0n) is 22.5. The third kappa shape index (κ3) is 4.55. The van der Waals surface area contributed by atoms with Crippen molar-refractivity contribution in [1.29, 1.82) is 0 Å². The summed E-state index contributed by atoms with van der Waals surface area (Å²) in [5.74, 6) is 0.114. The van der Waals surface area contributed by atoms with Gasteiger partial charge < -0.3 is 14.8 Å². The Hall–Kier alpha value is -4.08. The van der Waals surface area contributed by atoms with E-state index in [1.165, 1.54) is 6.07 Å². The molecule has 198 valence electrons. The van der Waals surface area contributed by atoms with Crippen LogP contribution >= 0.6 is 0 Å². The Morgan fingerprint density at radius 2 is 1.82 bits per heavy atom. The monoisotopic (exact) mass is 517 g/mol. The first kappa shape index (κ1) is 25.6. The van der Waals surface area contributed by atoms with Gasteiger partial charge in [-0.2, -0.15) is 5.10 Å². The Morgan fingerprint density at radius 3 is 2.45 bits per heavy atom. The first-order valence-corrected chi connectivity index (χ1v) is 12.7. The molecular formula is C28H32FN7O2. The summed E-state index contributed by atoms with van der Waals surface area (Å²) in [7, 11) is 0. The minimum Gasteiger partial charge on any atom is -0.348 e. The minimum atomic E-state index is -0.620. The normalized spacial score (nSPS) is 15.5. The first-order valence-electron chi connectivity index (χ1n) is 12.7.